The number of hydrogen-bond donors (Lipinski definition) is 1. The summed E-state index contributed by atoms with van der Waals surface area (Å²) in [6.45, 7) is 3.37. The lowest BCUT2D eigenvalue weighted by atomic mass is 10.1. The van der Waals surface area contributed by atoms with Gasteiger partial charge in [0.25, 0.3) is 5.69 Å². The lowest BCUT2D eigenvalue weighted by Gasteiger charge is -2.11. The molecule has 1 aromatic carbocycles. The minimum absolute atomic E-state index is 0.0136. The van der Waals surface area contributed by atoms with E-state index in [2.05, 4.69) is 21.2 Å². The van der Waals surface area contributed by atoms with Crippen molar-refractivity contribution in [1.82, 2.24) is 0 Å². The number of anilines is 1. The molecule has 0 heterocycles. The van der Waals surface area contributed by atoms with Crippen molar-refractivity contribution in [2.45, 2.75) is 13.8 Å². The molecule has 6 nitrogen and oxygen atoms in total. The Morgan fingerprint density at radius 1 is 1.42 bits per heavy atom. The van der Waals surface area contributed by atoms with Gasteiger partial charge in [-0.25, -0.2) is 0 Å². The normalized spacial score (nSPS) is 9.11. The van der Waals surface area contributed by atoms with Crippen molar-refractivity contribution < 1.29 is 4.92 Å². The summed E-state index contributed by atoms with van der Waals surface area (Å²) >= 11 is 3.23. The maximum atomic E-state index is 10.9. The molecule has 0 aliphatic carbocycles. The maximum Gasteiger partial charge on any atom is 0.273 e. The first-order valence-corrected chi connectivity index (χ1v) is 5.92. The number of hydrogen-bond acceptors (Lipinski definition) is 5. The van der Waals surface area contributed by atoms with E-state index in [1.807, 2.05) is 0 Å². The minimum Gasteiger partial charge on any atom is -0.359 e. The van der Waals surface area contributed by atoms with Gasteiger partial charge < -0.3 is 5.32 Å². The molecule has 0 radical (unpaired) electrons. The van der Waals surface area contributed by atoms with Crippen LogP contribution in [0.4, 0.5) is 11.4 Å². The number of benzene rings is 1. The van der Waals surface area contributed by atoms with E-state index in [-0.39, 0.29) is 11.3 Å². The molecule has 0 aromatic heterocycles. The average Bonchev–Trinajstić information content (AvgIpc) is 2.37. The molecule has 0 aliphatic rings. The predicted octanol–water partition coefficient (Wildman–Crippen LogP) is 3.32. The van der Waals surface area contributed by atoms with Gasteiger partial charge in [0.15, 0.2) is 0 Å². The topological polar surface area (TPSA) is 103 Å². The van der Waals surface area contributed by atoms with E-state index in [1.165, 1.54) is 12.3 Å². The fourth-order valence-corrected chi connectivity index (χ4v) is 2.09. The number of halogens is 1. The molecule has 1 rings (SSSR count). The molecule has 0 atom stereocenters. The van der Waals surface area contributed by atoms with E-state index >= 15 is 0 Å². The third-order valence-corrected chi connectivity index (χ3v) is 3.25. The first kappa shape index (κ1) is 14.7. The quantitative estimate of drug-likeness (QED) is 0.522. The SMILES string of the molecule is Cc1c([N+](=O)[O-])cc(Br)c(NC=C(C#N)C#N)c1C. The Labute approximate surface area is 118 Å². The van der Waals surface area contributed by atoms with Crippen molar-refractivity contribution in [2.24, 2.45) is 0 Å². The number of nitro benzene ring substituents is 1. The number of nitriles is 2. The first-order valence-electron chi connectivity index (χ1n) is 5.13. The van der Waals surface area contributed by atoms with Crippen LogP contribution in [0.3, 0.4) is 0 Å². The van der Waals surface area contributed by atoms with Gasteiger partial charge in [-0.15, -0.1) is 0 Å². The average molecular weight is 321 g/mol. The lowest BCUT2D eigenvalue weighted by Crippen LogP contribution is -2.00. The molecule has 0 bridgehead atoms. The molecule has 19 heavy (non-hydrogen) atoms. The van der Waals surface area contributed by atoms with E-state index in [0.29, 0.717) is 21.3 Å². The van der Waals surface area contributed by atoms with Crippen molar-refractivity contribution in [2.75, 3.05) is 5.32 Å². The van der Waals surface area contributed by atoms with Gasteiger partial charge in [-0.1, -0.05) is 0 Å². The Bertz CT molecular complexity index is 637. The number of nitro groups is 1. The van der Waals surface area contributed by atoms with Crippen molar-refractivity contribution in [3.63, 3.8) is 0 Å². The van der Waals surface area contributed by atoms with Crippen LogP contribution in [0, 0.1) is 46.6 Å². The van der Waals surface area contributed by atoms with Gasteiger partial charge in [-0.3, -0.25) is 10.1 Å². The maximum absolute atomic E-state index is 10.9. The second-order valence-corrected chi connectivity index (χ2v) is 4.54. The van der Waals surface area contributed by atoms with Gasteiger partial charge >= 0.3 is 0 Å². The molecule has 96 valence electrons. The van der Waals surface area contributed by atoms with Crippen molar-refractivity contribution in [3.8, 4) is 12.1 Å². The molecule has 0 amide bonds. The second-order valence-electron chi connectivity index (χ2n) is 3.69. The fourth-order valence-electron chi connectivity index (χ4n) is 1.46. The third-order valence-electron chi connectivity index (χ3n) is 2.62. The highest BCUT2D eigenvalue weighted by atomic mass is 79.9. The lowest BCUT2D eigenvalue weighted by molar-refractivity contribution is -0.385. The molecule has 0 saturated carbocycles. The van der Waals surface area contributed by atoms with Gasteiger partial charge in [0, 0.05) is 22.3 Å². The first-order chi connectivity index (χ1) is 8.92. The number of nitrogens with one attached hydrogen (secondary N) is 1. The van der Waals surface area contributed by atoms with E-state index in [4.69, 9.17) is 10.5 Å². The summed E-state index contributed by atoms with van der Waals surface area (Å²) in [6.07, 6.45) is 1.26. The predicted molar refractivity (Wildman–Crippen MR) is 73.2 cm³/mol. The molecule has 1 N–H and O–H groups in total. The highest BCUT2D eigenvalue weighted by Crippen LogP contribution is 2.35. The van der Waals surface area contributed by atoms with Crippen molar-refractivity contribution in [3.05, 3.63) is 43.6 Å². The summed E-state index contributed by atoms with van der Waals surface area (Å²) in [5.74, 6) is 0. The number of allylic oxidation sites excluding steroid dienone is 1. The highest BCUT2D eigenvalue weighted by Gasteiger charge is 2.17. The molecule has 0 unspecified atom stereocenters. The molecule has 0 aliphatic heterocycles. The summed E-state index contributed by atoms with van der Waals surface area (Å²) in [7, 11) is 0. The van der Waals surface area contributed by atoms with Crippen LogP contribution in [0.1, 0.15) is 11.1 Å². The Balaban J connectivity index is 3.30. The zero-order chi connectivity index (χ0) is 14.6. The Hall–Kier alpha value is -2.38. The molecule has 0 spiro atoms. The zero-order valence-corrected chi connectivity index (χ0v) is 11.8. The minimum atomic E-state index is -0.456. The van der Waals surface area contributed by atoms with Crippen molar-refractivity contribution >= 4 is 27.3 Å². The zero-order valence-electron chi connectivity index (χ0n) is 10.2. The smallest absolute Gasteiger partial charge is 0.273 e. The van der Waals surface area contributed by atoms with Gasteiger partial charge in [0.05, 0.1) is 10.6 Å². The van der Waals surface area contributed by atoms with E-state index in [9.17, 15) is 10.1 Å². The van der Waals surface area contributed by atoms with Gasteiger partial charge in [0.2, 0.25) is 0 Å². The molecule has 1 aromatic rings. The van der Waals surface area contributed by atoms with Crippen LogP contribution < -0.4 is 5.32 Å². The standard InChI is InChI=1S/C12H9BrN4O2/c1-7-8(2)12(16-6-9(4-14)5-15)10(13)3-11(7)17(18)19/h3,6,16H,1-2H3. The summed E-state index contributed by atoms with van der Waals surface area (Å²) in [4.78, 5) is 10.4. The van der Waals surface area contributed by atoms with E-state index < -0.39 is 4.92 Å². The third kappa shape index (κ3) is 3.09. The van der Waals surface area contributed by atoms with Gasteiger partial charge in [-0.05, 0) is 35.3 Å². The monoisotopic (exact) mass is 320 g/mol. The molecule has 0 saturated heterocycles. The summed E-state index contributed by atoms with van der Waals surface area (Å²) in [5, 5.41) is 30.9. The Morgan fingerprint density at radius 3 is 2.47 bits per heavy atom. The van der Waals surface area contributed by atoms with Gasteiger partial charge in [-0.2, -0.15) is 10.5 Å². The molecular formula is C12H9BrN4O2. The Morgan fingerprint density at radius 2 is 2.00 bits per heavy atom. The Kier molecular flexibility index (Phi) is 4.62. The van der Waals surface area contributed by atoms with Crippen LogP contribution in [-0.4, -0.2) is 4.92 Å². The summed E-state index contributed by atoms with van der Waals surface area (Å²) in [5.41, 5.74) is 1.72. The molecular weight excluding hydrogens is 312 g/mol. The fraction of sp³-hybridized carbons (Fsp3) is 0.167. The van der Waals surface area contributed by atoms with E-state index in [1.54, 1.807) is 26.0 Å². The van der Waals surface area contributed by atoms with Gasteiger partial charge in [0.1, 0.15) is 17.7 Å². The van der Waals surface area contributed by atoms with Crippen LogP contribution in [-0.2, 0) is 0 Å². The molecule has 7 heteroatoms. The molecule has 0 fully saturated rings. The highest BCUT2D eigenvalue weighted by molar-refractivity contribution is 9.10. The second kappa shape index (κ2) is 5.98. The van der Waals surface area contributed by atoms with Crippen LogP contribution in [0.25, 0.3) is 0 Å². The van der Waals surface area contributed by atoms with Crippen LogP contribution >= 0.6 is 15.9 Å². The number of nitrogens with zero attached hydrogens (tertiary/aromatic N) is 3. The summed E-state index contributed by atoms with van der Waals surface area (Å²) < 4.78 is 0.494. The summed E-state index contributed by atoms with van der Waals surface area (Å²) in [6, 6.07) is 4.82. The van der Waals surface area contributed by atoms with Crippen molar-refractivity contribution in [1.29, 1.82) is 10.5 Å². The number of rotatable bonds is 3. The van der Waals surface area contributed by atoms with Crippen LogP contribution in [0.15, 0.2) is 22.3 Å². The van der Waals surface area contributed by atoms with E-state index in [0.717, 1.165) is 0 Å². The van der Waals surface area contributed by atoms with Crippen LogP contribution in [0.5, 0.6) is 0 Å². The largest absolute Gasteiger partial charge is 0.359 e. The van der Waals surface area contributed by atoms with Crippen LogP contribution in [0.2, 0.25) is 0 Å².